The number of rotatable bonds is 10. The normalized spacial score (nSPS) is 20.1. The predicted molar refractivity (Wildman–Crippen MR) is 197 cm³/mol. The van der Waals surface area contributed by atoms with Gasteiger partial charge in [-0.15, -0.1) is 6.42 Å². The number of carbonyl (C=O) groups excluding carboxylic acids is 1. The highest BCUT2D eigenvalue weighted by Gasteiger charge is 2.58. The molecule has 0 bridgehead atoms. The fourth-order valence-electron chi connectivity index (χ4n) is 6.98. The van der Waals surface area contributed by atoms with Crippen molar-refractivity contribution in [2.24, 2.45) is 5.92 Å². The van der Waals surface area contributed by atoms with Crippen LogP contribution in [0, 0.1) is 18.3 Å². The number of hydrogen-bond donors (Lipinski definition) is 1. The van der Waals surface area contributed by atoms with E-state index in [4.69, 9.17) is 42.2 Å². The maximum Gasteiger partial charge on any atom is 0.339 e. The Morgan fingerprint density at radius 2 is 1.53 bits per heavy atom. The molecule has 3 heterocycles. The van der Waals surface area contributed by atoms with Crippen LogP contribution in [-0.4, -0.2) is 44.3 Å². The van der Waals surface area contributed by atoms with Crippen molar-refractivity contribution in [2.75, 3.05) is 12.4 Å². The van der Waals surface area contributed by atoms with Crippen LogP contribution in [0.15, 0.2) is 122 Å². The molecule has 7 rings (SSSR count). The van der Waals surface area contributed by atoms with Gasteiger partial charge in [0, 0.05) is 5.92 Å². The van der Waals surface area contributed by atoms with Crippen LogP contribution in [0.1, 0.15) is 53.5 Å². The van der Waals surface area contributed by atoms with Gasteiger partial charge in [0.15, 0.2) is 17.0 Å². The highest BCUT2D eigenvalue weighted by atomic mass is 35.5. The lowest BCUT2D eigenvalue weighted by Crippen LogP contribution is -2.44. The number of esters is 1. The lowest BCUT2D eigenvalue weighted by molar-refractivity contribution is -0.0754. The molecule has 2 aromatic heterocycles. The van der Waals surface area contributed by atoms with E-state index in [1.165, 1.54) is 0 Å². The van der Waals surface area contributed by atoms with E-state index in [2.05, 4.69) is 40.5 Å². The van der Waals surface area contributed by atoms with E-state index in [1.54, 1.807) is 42.3 Å². The van der Waals surface area contributed by atoms with E-state index < -0.39 is 23.3 Å². The van der Waals surface area contributed by atoms with Gasteiger partial charge < -0.3 is 19.5 Å². The van der Waals surface area contributed by atoms with Crippen LogP contribution in [-0.2, 0) is 15.0 Å². The molecule has 1 fully saturated rings. The number of methoxy groups -OCH3 is 1. The standard InChI is InChI=1S/C41H36ClN5O4/c1-5-33-27(3)40(6-2,51-37(48)28-16-10-7-11-17-28)38(50-33)47-26-43-34-35(42)44-39(45-36(34)47)46-41(29-18-12-8-13-19-29,30-20-14-9-15-21-30)31-22-24-32(49-4)25-23-31/h2,7-27,33,38H,5H2,1,3-4H3,(H,44,45,46)/t27-,33-,38+,40-/m1/s1. The van der Waals surface area contributed by atoms with Gasteiger partial charge in [-0.2, -0.15) is 9.97 Å². The average molecular weight is 698 g/mol. The minimum absolute atomic E-state index is 0.122. The highest BCUT2D eigenvalue weighted by Crippen LogP contribution is 2.48. The average Bonchev–Trinajstić information content (AvgIpc) is 3.73. The molecule has 9 nitrogen and oxygen atoms in total. The first-order valence-corrected chi connectivity index (χ1v) is 17.1. The summed E-state index contributed by atoms with van der Waals surface area (Å²) in [7, 11) is 1.64. The van der Waals surface area contributed by atoms with E-state index in [0.29, 0.717) is 23.1 Å². The molecule has 1 aliphatic rings. The molecular weight excluding hydrogens is 662 g/mol. The summed E-state index contributed by atoms with van der Waals surface area (Å²) >= 11 is 6.89. The van der Waals surface area contributed by atoms with Crippen molar-refractivity contribution in [2.45, 2.75) is 43.7 Å². The molecule has 4 aromatic carbocycles. The van der Waals surface area contributed by atoms with Gasteiger partial charge in [-0.1, -0.05) is 122 Å². The first kappa shape index (κ1) is 33.8. The quantitative estimate of drug-likeness (QED) is 0.0664. The molecule has 256 valence electrons. The molecule has 6 aromatic rings. The maximum absolute atomic E-state index is 13.5. The summed E-state index contributed by atoms with van der Waals surface area (Å²) in [6.07, 6.45) is 7.19. The molecular formula is C41H36ClN5O4. The monoisotopic (exact) mass is 697 g/mol. The SMILES string of the molecule is C#C[C@@]1(OC(=O)c2ccccc2)[C@H](C)[C@@H](CC)O[C@@H]1n1cnc2c(Cl)nc(NC(c3ccccc3)(c3ccccc3)c3ccc(OC)cc3)nc21. The number of aromatic nitrogens is 4. The van der Waals surface area contributed by atoms with E-state index in [1.807, 2.05) is 80.6 Å². The number of carbonyl (C=O) groups is 1. The molecule has 1 N–H and O–H groups in total. The second-order valence-electron chi connectivity index (χ2n) is 12.4. The first-order valence-electron chi connectivity index (χ1n) is 16.7. The van der Waals surface area contributed by atoms with Gasteiger partial charge >= 0.3 is 5.97 Å². The number of ether oxygens (including phenoxy) is 3. The Hall–Kier alpha value is -5.69. The number of imidazole rings is 1. The van der Waals surface area contributed by atoms with E-state index >= 15 is 0 Å². The van der Waals surface area contributed by atoms with Crippen LogP contribution in [0.3, 0.4) is 0 Å². The van der Waals surface area contributed by atoms with Crippen LogP contribution >= 0.6 is 11.6 Å². The molecule has 0 spiro atoms. The summed E-state index contributed by atoms with van der Waals surface area (Å²) in [6.45, 7) is 3.94. The lowest BCUT2D eigenvalue weighted by atomic mass is 9.77. The smallest absolute Gasteiger partial charge is 0.339 e. The van der Waals surface area contributed by atoms with E-state index in [0.717, 1.165) is 22.4 Å². The zero-order chi connectivity index (χ0) is 35.6. The Morgan fingerprint density at radius 3 is 2.10 bits per heavy atom. The van der Waals surface area contributed by atoms with Crippen molar-refractivity contribution < 1.29 is 19.0 Å². The summed E-state index contributed by atoms with van der Waals surface area (Å²) in [5.41, 5.74) is 1.39. The van der Waals surface area contributed by atoms with Gasteiger partial charge in [0.2, 0.25) is 11.5 Å². The number of anilines is 1. The Labute approximate surface area is 301 Å². The zero-order valence-corrected chi connectivity index (χ0v) is 29.1. The molecule has 51 heavy (non-hydrogen) atoms. The summed E-state index contributed by atoms with van der Waals surface area (Å²) in [4.78, 5) is 27.8. The lowest BCUT2D eigenvalue weighted by Gasteiger charge is -2.37. The van der Waals surface area contributed by atoms with Crippen LogP contribution in [0.5, 0.6) is 5.75 Å². The molecule has 0 radical (unpaired) electrons. The predicted octanol–water partition coefficient (Wildman–Crippen LogP) is 8.06. The fourth-order valence-corrected chi connectivity index (χ4v) is 7.19. The Morgan fingerprint density at radius 1 is 0.941 bits per heavy atom. The highest BCUT2D eigenvalue weighted by molar-refractivity contribution is 6.33. The number of halogens is 1. The van der Waals surface area contributed by atoms with Crippen LogP contribution in [0.2, 0.25) is 5.15 Å². The minimum Gasteiger partial charge on any atom is -0.497 e. The molecule has 0 amide bonds. The third-order valence-corrected chi connectivity index (χ3v) is 9.93. The fraction of sp³-hybridized carbons (Fsp3) is 0.220. The molecule has 0 saturated carbocycles. The van der Waals surface area contributed by atoms with Gasteiger partial charge in [0.25, 0.3) is 0 Å². The molecule has 1 saturated heterocycles. The van der Waals surface area contributed by atoms with Crippen molar-refractivity contribution in [3.63, 3.8) is 0 Å². The number of nitrogens with zero attached hydrogens (tertiary/aromatic N) is 4. The van der Waals surface area contributed by atoms with Gasteiger partial charge in [-0.25, -0.2) is 9.78 Å². The van der Waals surface area contributed by atoms with E-state index in [-0.39, 0.29) is 23.1 Å². The van der Waals surface area contributed by atoms with Crippen LogP contribution < -0.4 is 10.1 Å². The number of hydrogen-bond acceptors (Lipinski definition) is 8. The van der Waals surface area contributed by atoms with Gasteiger partial charge in [0.05, 0.1) is 25.1 Å². The Kier molecular flexibility index (Phi) is 9.21. The summed E-state index contributed by atoms with van der Waals surface area (Å²) in [5, 5.41) is 3.80. The summed E-state index contributed by atoms with van der Waals surface area (Å²) < 4.78 is 20.0. The third kappa shape index (κ3) is 5.86. The van der Waals surface area contributed by atoms with Gasteiger partial charge in [-0.05, 0) is 47.4 Å². The third-order valence-electron chi connectivity index (χ3n) is 9.67. The topological polar surface area (TPSA) is 100 Å². The van der Waals surface area contributed by atoms with Crippen LogP contribution in [0.25, 0.3) is 11.2 Å². The van der Waals surface area contributed by atoms with Crippen molar-refractivity contribution in [3.8, 4) is 18.1 Å². The molecule has 0 unspecified atom stereocenters. The number of nitrogens with one attached hydrogen (secondary N) is 1. The summed E-state index contributed by atoms with van der Waals surface area (Å²) in [5.74, 6) is 2.84. The van der Waals surface area contributed by atoms with Crippen molar-refractivity contribution >= 4 is 34.7 Å². The van der Waals surface area contributed by atoms with Crippen LogP contribution in [0.4, 0.5) is 5.95 Å². The number of fused-ring (bicyclic) bond motifs is 1. The molecule has 10 heteroatoms. The Balaban J connectivity index is 1.39. The molecule has 1 aliphatic heterocycles. The van der Waals surface area contributed by atoms with Crippen molar-refractivity contribution in [3.05, 3.63) is 149 Å². The Bertz CT molecular complexity index is 2150. The molecule has 4 atom stereocenters. The minimum atomic E-state index is -1.49. The second-order valence-corrected chi connectivity index (χ2v) is 12.8. The largest absolute Gasteiger partial charge is 0.497 e. The molecule has 0 aliphatic carbocycles. The van der Waals surface area contributed by atoms with Crippen molar-refractivity contribution in [1.82, 2.24) is 19.5 Å². The number of terminal acetylenes is 1. The second kappa shape index (κ2) is 13.9. The van der Waals surface area contributed by atoms with Gasteiger partial charge in [0.1, 0.15) is 16.8 Å². The van der Waals surface area contributed by atoms with E-state index in [9.17, 15) is 4.79 Å². The first-order chi connectivity index (χ1) is 24.8. The number of benzene rings is 4. The van der Waals surface area contributed by atoms with Gasteiger partial charge in [-0.3, -0.25) is 4.57 Å². The van der Waals surface area contributed by atoms with Crippen molar-refractivity contribution in [1.29, 1.82) is 0 Å². The zero-order valence-electron chi connectivity index (χ0n) is 28.4. The maximum atomic E-state index is 13.5. The summed E-state index contributed by atoms with van der Waals surface area (Å²) in [6, 6.07) is 36.7.